The Labute approximate surface area is 63.3 Å². The summed E-state index contributed by atoms with van der Waals surface area (Å²) >= 11 is 0. The van der Waals surface area contributed by atoms with E-state index in [1.807, 2.05) is 0 Å². The van der Waals surface area contributed by atoms with E-state index >= 15 is 0 Å². The third kappa shape index (κ3) is 2.03. The molecule has 0 aromatic heterocycles. The van der Waals surface area contributed by atoms with Gasteiger partial charge in [0.05, 0.1) is 5.69 Å². The molecule has 0 amide bonds. The van der Waals surface area contributed by atoms with Crippen molar-refractivity contribution >= 4 is 12.0 Å². The summed E-state index contributed by atoms with van der Waals surface area (Å²) in [6.07, 6.45) is 0.711. The normalized spacial score (nSPS) is 9.18. The molecule has 0 saturated heterocycles. The number of hydrogen-bond acceptors (Lipinski definition) is 4. The standard InChI is InChI=1S/C7H7NO3/c9-5-6-2-1-3-7(4-6)8-11-10/h1-5,8,10H. The Kier molecular flexibility index (Phi) is 2.59. The number of aldehydes is 1. The molecule has 0 bridgehead atoms. The molecule has 2 N–H and O–H groups in total. The molecule has 1 aromatic rings. The van der Waals surface area contributed by atoms with Crippen LogP contribution in [0.5, 0.6) is 0 Å². The summed E-state index contributed by atoms with van der Waals surface area (Å²) < 4.78 is 0. The van der Waals surface area contributed by atoms with Crippen molar-refractivity contribution in [1.29, 1.82) is 0 Å². The summed E-state index contributed by atoms with van der Waals surface area (Å²) in [4.78, 5) is 13.9. The van der Waals surface area contributed by atoms with Crippen molar-refractivity contribution in [3.05, 3.63) is 29.8 Å². The molecule has 0 atom stereocenters. The molecular weight excluding hydrogens is 146 g/mol. The van der Waals surface area contributed by atoms with Crippen molar-refractivity contribution in [2.75, 3.05) is 5.48 Å². The van der Waals surface area contributed by atoms with Crippen LogP contribution in [0.4, 0.5) is 5.69 Å². The minimum absolute atomic E-state index is 0.520. The minimum atomic E-state index is 0.520. The largest absolute Gasteiger partial charge is 0.298 e. The van der Waals surface area contributed by atoms with Crippen LogP contribution in [0.3, 0.4) is 0 Å². The van der Waals surface area contributed by atoms with Gasteiger partial charge in [0.2, 0.25) is 0 Å². The Bertz CT molecular complexity index is 249. The van der Waals surface area contributed by atoms with E-state index in [1.54, 1.807) is 24.3 Å². The van der Waals surface area contributed by atoms with Gasteiger partial charge in [0.15, 0.2) is 0 Å². The topological polar surface area (TPSA) is 58.6 Å². The summed E-state index contributed by atoms with van der Waals surface area (Å²) in [6, 6.07) is 6.52. The summed E-state index contributed by atoms with van der Waals surface area (Å²) in [5.41, 5.74) is 3.22. The lowest BCUT2D eigenvalue weighted by molar-refractivity contribution is -0.215. The van der Waals surface area contributed by atoms with E-state index in [4.69, 9.17) is 5.26 Å². The summed E-state index contributed by atoms with van der Waals surface area (Å²) in [6.45, 7) is 0. The van der Waals surface area contributed by atoms with Gasteiger partial charge in [-0.1, -0.05) is 12.1 Å². The van der Waals surface area contributed by atoms with Gasteiger partial charge < -0.3 is 0 Å². The molecule has 0 fully saturated rings. The van der Waals surface area contributed by atoms with Crippen molar-refractivity contribution in [2.24, 2.45) is 0 Å². The van der Waals surface area contributed by atoms with Crippen molar-refractivity contribution in [3.63, 3.8) is 0 Å². The highest BCUT2D eigenvalue weighted by Gasteiger charge is 1.92. The van der Waals surface area contributed by atoms with Crippen LogP contribution in [0.25, 0.3) is 0 Å². The summed E-state index contributed by atoms with van der Waals surface area (Å²) in [5, 5.41) is 7.98. The van der Waals surface area contributed by atoms with E-state index in [2.05, 4.69) is 10.5 Å². The van der Waals surface area contributed by atoms with Gasteiger partial charge in [0.1, 0.15) is 6.29 Å². The van der Waals surface area contributed by atoms with Gasteiger partial charge in [0, 0.05) is 5.56 Å². The monoisotopic (exact) mass is 153 g/mol. The van der Waals surface area contributed by atoms with E-state index in [9.17, 15) is 4.79 Å². The van der Waals surface area contributed by atoms with Gasteiger partial charge in [-0.05, 0) is 12.1 Å². The molecular formula is C7H7NO3. The smallest absolute Gasteiger partial charge is 0.150 e. The van der Waals surface area contributed by atoms with E-state index in [0.29, 0.717) is 17.5 Å². The molecule has 0 aliphatic carbocycles. The molecule has 4 nitrogen and oxygen atoms in total. The van der Waals surface area contributed by atoms with Crippen LogP contribution in [0.1, 0.15) is 10.4 Å². The Morgan fingerprint density at radius 2 is 2.36 bits per heavy atom. The number of carbonyl (C=O) groups is 1. The number of benzene rings is 1. The van der Waals surface area contributed by atoms with Crippen LogP contribution in [0.2, 0.25) is 0 Å². The predicted molar refractivity (Wildman–Crippen MR) is 39.2 cm³/mol. The van der Waals surface area contributed by atoms with E-state index in [1.165, 1.54) is 0 Å². The molecule has 58 valence electrons. The Morgan fingerprint density at radius 3 is 3.00 bits per heavy atom. The number of hydrogen-bond donors (Lipinski definition) is 2. The van der Waals surface area contributed by atoms with Crippen LogP contribution in [-0.4, -0.2) is 11.5 Å². The van der Waals surface area contributed by atoms with Crippen molar-refractivity contribution in [2.45, 2.75) is 0 Å². The molecule has 0 heterocycles. The van der Waals surface area contributed by atoms with E-state index in [0.717, 1.165) is 0 Å². The second kappa shape index (κ2) is 3.70. The van der Waals surface area contributed by atoms with Crippen LogP contribution in [0, 0.1) is 0 Å². The van der Waals surface area contributed by atoms with Gasteiger partial charge in [-0.25, -0.2) is 10.7 Å². The zero-order valence-electron chi connectivity index (χ0n) is 5.65. The third-order valence-corrected chi connectivity index (χ3v) is 1.19. The summed E-state index contributed by atoms with van der Waals surface area (Å²) in [5.74, 6) is 0. The fourth-order valence-corrected chi connectivity index (χ4v) is 0.728. The molecule has 1 rings (SSSR count). The molecule has 11 heavy (non-hydrogen) atoms. The lowest BCUT2D eigenvalue weighted by Gasteiger charge is -1.99. The molecule has 0 saturated carbocycles. The third-order valence-electron chi connectivity index (χ3n) is 1.19. The molecule has 0 unspecified atom stereocenters. The molecule has 0 spiro atoms. The Morgan fingerprint density at radius 1 is 1.55 bits per heavy atom. The highest BCUT2D eigenvalue weighted by atomic mass is 17.2. The van der Waals surface area contributed by atoms with Crippen molar-refractivity contribution < 1.29 is 15.0 Å². The SMILES string of the molecule is O=Cc1cccc(NOO)c1. The highest BCUT2D eigenvalue weighted by Crippen LogP contribution is 2.07. The first-order valence-corrected chi connectivity index (χ1v) is 2.98. The molecule has 0 radical (unpaired) electrons. The first kappa shape index (κ1) is 7.71. The van der Waals surface area contributed by atoms with Crippen LogP contribution in [0.15, 0.2) is 24.3 Å². The molecule has 4 heteroatoms. The maximum atomic E-state index is 10.2. The van der Waals surface area contributed by atoms with Crippen LogP contribution < -0.4 is 5.48 Å². The second-order valence-electron chi connectivity index (χ2n) is 1.94. The predicted octanol–water partition coefficient (Wildman–Crippen LogP) is 1.32. The Hall–Kier alpha value is -1.39. The number of carbonyl (C=O) groups excluding carboxylic acids is 1. The molecule has 0 aliphatic rings. The zero-order valence-corrected chi connectivity index (χ0v) is 5.65. The van der Waals surface area contributed by atoms with E-state index in [-0.39, 0.29) is 0 Å². The summed E-state index contributed by atoms with van der Waals surface area (Å²) in [7, 11) is 0. The Balaban J connectivity index is 2.82. The fraction of sp³-hybridized carbons (Fsp3) is 0. The first-order valence-electron chi connectivity index (χ1n) is 2.98. The highest BCUT2D eigenvalue weighted by molar-refractivity contribution is 5.76. The van der Waals surface area contributed by atoms with Crippen LogP contribution >= 0.6 is 0 Å². The average molecular weight is 153 g/mol. The van der Waals surface area contributed by atoms with Gasteiger partial charge in [0.25, 0.3) is 0 Å². The average Bonchev–Trinajstić information content (AvgIpc) is 2.06. The van der Waals surface area contributed by atoms with Crippen LogP contribution in [-0.2, 0) is 4.99 Å². The zero-order chi connectivity index (χ0) is 8.10. The van der Waals surface area contributed by atoms with Crippen molar-refractivity contribution in [1.82, 2.24) is 0 Å². The van der Waals surface area contributed by atoms with Gasteiger partial charge >= 0.3 is 0 Å². The fourth-order valence-electron chi connectivity index (χ4n) is 0.728. The number of anilines is 1. The minimum Gasteiger partial charge on any atom is -0.298 e. The van der Waals surface area contributed by atoms with Gasteiger partial charge in [-0.2, -0.15) is 0 Å². The lowest BCUT2D eigenvalue weighted by atomic mass is 10.2. The maximum absolute atomic E-state index is 10.2. The lowest BCUT2D eigenvalue weighted by Crippen LogP contribution is -1.96. The van der Waals surface area contributed by atoms with E-state index < -0.39 is 0 Å². The van der Waals surface area contributed by atoms with Crippen molar-refractivity contribution in [3.8, 4) is 0 Å². The van der Waals surface area contributed by atoms with Gasteiger partial charge in [-0.15, -0.1) is 4.99 Å². The maximum Gasteiger partial charge on any atom is 0.150 e. The second-order valence-corrected chi connectivity index (χ2v) is 1.94. The quantitative estimate of drug-likeness (QED) is 0.390. The number of nitrogens with one attached hydrogen (secondary N) is 1. The first-order chi connectivity index (χ1) is 5.36. The number of rotatable bonds is 3. The molecule has 0 aliphatic heterocycles. The molecule has 1 aromatic carbocycles. The van der Waals surface area contributed by atoms with Gasteiger partial charge in [-0.3, -0.25) is 4.79 Å².